The maximum atomic E-state index is 5.97. The van der Waals surface area contributed by atoms with E-state index in [1.807, 2.05) is 37.3 Å². The molecule has 0 aliphatic heterocycles. The molecule has 0 radical (unpaired) electrons. The van der Waals surface area contributed by atoms with Crippen LogP contribution < -0.4 is 5.73 Å². The summed E-state index contributed by atoms with van der Waals surface area (Å²) in [5.41, 5.74) is 10.8. The number of rotatable bonds is 1. The number of hydrogen-bond acceptors (Lipinski definition) is 2. The molecule has 1 aromatic heterocycles. The van der Waals surface area contributed by atoms with Gasteiger partial charge in [0.25, 0.3) is 0 Å². The maximum absolute atomic E-state index is 5.97. The number of nitrogen functional groups attached to an aromatic ring is 1. The molecular formula is C14H12BrN3. The highest BCUT2D eigenvalue weighted by Crippen LogP contribution is 2.28. The zero-order valence-corrected chi connectivity index (χ0v) is 11.5. The SMILES string of the molecule is Cc1cc(Br)cc2[nH]c(-c3ccccc3N)nc12. The third-order valence-corrected chi connectivity index (χ3v) is 3.42. The van der Waals surface area contributed by atoms with Crippen molar-refractivity contribution in [1.82, 2.24) is 9.97 Å². The van der Waals surface area contributed by atoms with Gasteiger partial charge in [-0.3, -0.25) is 0 Å². The summed E-state index contributed by atoms with van der Waals surface area (Å²) in [5, 5.41) is 0. The van der Waals surface area contributed by atoms with E-state index in [-0.39, 0.29) is 0 Å². The van der Waals surface area contributed by atoms with Crippen LogP contribution >= 0.6 is 15.9 Å². The minimum Gasteiger partial charge on any atom is -0.398 e. The third kappa shape index (κ3) is 1.78. The van der Waals surface area contributed by atoms with E-state index in [0.29, 0.717) is 0 Å². The fourth-order valence-corrected chi connectivity index (χ4v) is 2.66. The van der Waals surface area contributed by atoms with E-state index in [4.69, 9.17) is 5.73 Å². The van der Waals surface area contributed by atoms with Gasteiger partial charge in [0, 0.05) is 15.7 Å². The van der Waals surface area contributed by atoms with Crippen LogP contribution in [0, 0.1) is 6.92 Å². The Morgan fingerprint density at radius 3 is 2.78 bits per heavy atom. The van der Waals surface area contributed by atoms with Crippen molar-refractivity contribution in [2.45, 2.75) is 6.92 Å². The number of anilines is 1. The van der Waals surface area contributed by atoms with Gasteiger partial charge in [-0.1, -0.05) is 28.1 Å². The van der Waals surface area contributed by atoms with Gasteiger partial charge in [-0.05, 0) is 36.8 Å². The van der Waals surface area contributed by atoms with E-state index in [1.165, 1.54) is 0 Å². The molecule has 1 heterocycles. The first-order valence-corrected chi connectivity index (χ1v) is 6.45. The predicted octanol–water partition coefficient (Wildman–Crippen LogP) is 3.88. The zero-order valence-electron chi connectivity index (χ0n) is 9.87. The molecule has 3 nitrogen and oxygen atoms in total. The number of imidazole rings is 1. The molecule has 2 aromatic carbocycles. The Kier molecular flexibility index (Phi) is 2.59. The van der Waals surface area contributed by atoms with Crippen LogP contribution in [-0.2, 0) is 0 Å². The van der Waals surface area contributed by atoms with Gasteiger partial charge in [-0.15, -0.1) is 0 Å². The van der Waals surface area contributed by atoms with Crippen molar-refractivity contribution in [3.63, 3.8) is 0 Å². The van der Waals surface area contributed by atoms with Crippen LogP contribution in [0.2, 0.25) is 0 Å². The molecule has 0 spiro atoms. The van der Waals surface area contributed by atoms with Crippen LogP contribution in [0.3, 0.4) is 0 Å². The van der Waals surface area contributed by atoms with E-state index < -0.39 is 0 Å². The lowest BCUT2D eigenvalue weighted by Crippen LogP contribution is -1.90. The quantitative estimate of drug-likeness (QED) is 0.670. The number of aryl methyl sites for hydroxylation is 1. The second kappa shape index (κ2) is 4.14. The van der Waals surface area contributed by atoms with Crippen molar-refractivity contribution in [3.05, 3.63) is 46.4 Å². The molecule has 4 heteroatoms. The number of hydrogen-bond donors (Lipinski definition) is 2. The average molecular weight is 302 g/mol. The average Bonchev–Trinajstić information content (AvgIpc) is 2.73. The van der Waals surface area contributed by atoms with Crippen molar-refractivity contribution in [1.29, 1.82) is 0 Å². The number of H-pyrrole nitrogens is 1. The summed E-state index contributed by atoms with van der Waals surface area (Å²) in [6, 6.07) is 11.8. The minimum absolute atomic E-state index is 0.730. The van der Waals surface area contributed by atoms with E-state index in [9.17, 15) is 0 Å². The molecule has 0 atom stereocenters. The van der Waals surface area contributed by atoms with Gasteiger partial charge in [0.1, 0.15) is 5.82 Å². The first-order chi connectivity index (χ1) is 8.65. The Bertz CT molecular complexity index is 731. The molecule has 0 unspecified atom stereocenters. The van der Waals surface area contributed by atoms with Gasteiger partial charge in [0.2, 0.25) is 0 Å². The Morgan fingerprint density at radius 2 is 2.00 bits per heavy atom. The highest BCUT2D eigenvalue weighted by atomic mass is 79.9. The van der Waals surface area contributed by atoms with Crippen LogP contribution in [0.15, 0.2) is 40.9 Å². The molecule has 0 amide bonds. The second-order valence-corrected chi connectivity index (χ2v) is 5.21. The zero-order chi connectivity index (χ0) is 12.7. The fourth-order valence-electron chi connectivity index (χ4n) is 2.09. The van der Waals surface area contributed by atoms with E-state index in [1.54, 1.807) is 0 Å². The summed E-state index contributed by atoms with van der Waals surface area (Å²) in [6.45, 7) is 2.05. The fraction of sp³-hybridized carbons (Fsp3) is 0.0714. The Morgan fingerprint density at radius 1 is 1.22 bits per heavy atom. The molecule has 3 rings (SSSR count). The topological polar surface area (TPSA) is 54.7 Å². The molecule has 3 N–H and O–H groups in total. The van der Waals surface area contributed by atoms with Gasteiger partial charge in [-0.25, -0.2) is 4.98 Å². The number of fused-ring (bicyclic) bond motifs is 1. The number of nitrogens with one attached hydrogen (secondary N) is 1. The molecule has 18 heavy (non-hydrogen) atoms. The lowest BCUT2D eigenvalue weighted by atomic mass is 10.2. The summed E-state index contributed by atoms with van der Waals surface area (Å²) in [4.78, 5) is 7.94. The molecule has 0 aliphatic carbocycles. The van der Waals surface area contributed by atoms with Gasteiger partial charge in [-0.2, -0.15) is 0 Å². The lowest BCUT2D eigenvalue weighted by molar-refractivity contribution is 1.33. The number of nitrogens with two attached hydrogens (primary N) is 1. The lowest BCUT2D eigenvalue weighted by Gasteiger charge is -2.00. The molecule has 0 saturated carbocycles. The summed E-state index contributed by atoms with van der Waals surface area (Å²) >= 11 is 3.49. The number of nitrogens with zero attached hydrogens (tertiary/aromatic N) is 1. The minimum atomic E-state index is 0.730. The first-order valence-electron chi connectivity index (χ1n) is 5.66. The molecule has 0 saturated heterocycles. The number of benzene rings is 2. The van der Waals surface area contributed by atoms with Crippen molar-refractivity contribution in [2.24, 2.45) is 0 Å². The number of aromatic amines is 1. The van der Waals surface area contributed by atoms with Crippen molar-refractivity contribution < 1.29 is 0 Å². The number of para-hydroxylation sites is 1. The largest absolute Gasteiger partial charge is 0.398 e. The van der Waals surface area contributed by atoms with Crippen LogP contribution in [0.5, 0.6) is 0 Å². The first kappa shape index (κ1) is 11.3. The van der Waals surface area contributed by atoms with Crippen LogP contribution in [-0.4, -0.2) is 9.97 Å². The normalized spacial score (nSPS) is 11.0. The Labute approximate surface area is 113 Å². The van der Waals surface area contributed by atoms with Crippen molar-refractivity contribution >= 4 is 32.7 Å². The van der Waals surface area contributed by atoms with Crippen LogP contribution in [0.4, 0.5) is 5.69 Å². The highest BCUT2D eigenvalue weighted by Gasteiger charge is 2.09. The number of aromatic nitrogens is 2. The second-order valence-electron chi connectivity index (χ2n) is 4.29. The smallest absolute Gasteiger partial charge is 0.140 e. The van der Waals surface area contributed by atoms with Gasteiger partial charge in [0.15, 0.2) is 0 Å². The van der Waals surface area contributed by atoms with Gasteiger partial charge in [0.05, 0.1) is 11.0 Å². The molecular weight excluding hydrogens is 290 g/mol. The van der Waals surface area contributed by atoms with Gasteiger partial charge < -0.3 is 10.7 Å². The van der Waals surface area contributed by atoms with Crippen LogP contribution in [0.25, 0.3) is 22.4 Å². The standard InChI is InChI=1S/C14H12BrN3/c1-8-6-9(15)7-12-13(8)18-14(17-12)10-4-2-3-5-11(10)16/h2-7H,16H2,1H3,(H,17,18). The summed E-state index contributed by atoms with van der Waals surface area (Å²) in [5.74, 6) is 0.810. The predicted molar refractivity (Wildman–Crippen MR) is 78.4 cm³/mol. The molecule has 3 aromatic rings. The van der Waals surface area contributed by atoms with Crippen molar-refractivity contribution in [3.8, 4) is 11.4 Å². The van der Waals surface area contributed by atoms with Gasteiger partial charge >= 0.3 is 0 Å². The van der Waals surface area contributed by atoms with E-state index >= 15 is 0 Å². The van der Waals surface area contributed by atoms with Crippen LogP contribution in [0.1, 0.15) is 5.56 Å². The Balaban J connectivity index is 2.26. The molecule has 0 aliphatic rings. The Hall–Kier alpha value is -1.81. The maximum Gasteiger partial charge on any atom is 0.140 e. The molecule has 90 valence electrons. The summed E-state index contributed by atoms with van der Waals surface area (Å²) in [6.07, 6.45) is 0. The number of halogens is 1. The van der Waals surface area contributed by atoms with E-state index in [0.717, 1.165) is 38.1 Å². The third-order valence-electron chi connectivity index (χ3n) is 2.96. The summed E-state index contributed by atoms with van der Waals surface area (Å²) < 4.78 is 1.05. The van der Waals surface area contributed by atoms with E-state index in [2.05, 4.69) is 32.0 Å². The summed E-state index contributed by atoms with van der Waals surface area (Å²) in [7, 11) is 0. The molecule has 0 fully saturated rings. The van der Waals surface area contributed by atoms with Crippen molar-refractivity contribution in [2.75, 3.05) is 5.73 Å². The highest BCUT2D eigenvalue weighted by molar-refractivity contribution is 9.10. The molecule has 0 bridgehead atoms. The monoisotopic (exact) mass is 301 g/mol.